The Bertz CT molecular complexity index is 1180. The molecule has 1 fully saturated rings. The summed E-state index contributed by atoms with van der Waals surface area (Å²) in [5.41, 5.74) is 0. The second-order valence-electron chi connectivity index (χ2n) is 7.37. The number of ether oxygens (including phenoxy) is 1. The number of sulfonamides is 1. The molecule has 8 heteroatoms. The SMILES string of the molecule is COc1ccc(S(=O)(=O)N2CCC(NC(=O)c3ccc(C)o3)CC2)c2ccccc12. The van der Waals surface area contributed by atoms with E-state index in [1.807, 2.05) is 18.2 Å². The molecule has 2 heterocycles. The zero-order valence-electron chi connectivity index (χ0n) is 16.9. The van der Waals surface area contributed by atoms with Gasteiger partial charge in [0.2, 0.25) is 10.0 Å². The van der Waals surface area contributed by atoms with E-state index < -0.39 is 10.0 Å². The van der Waals surface area contributed by atoms with E-state index in [-0.39, 0.29) is 22.6 Å². The zero-order chi connectivity index (χ0) is 21.3. The molecule has 0 atom stereocenters. The van der Waals surface area contributed by atoms with E-state index in [1.54, 1.807) is 44.4 Å². The Labute approximate surface area is 175 Å². The average Bonchev–Trinajstić information content (AvgIpc) is 3.19. The second kappa shape index (κ2) is 8.12. The third kappa shape index (κ3) is 3.80. The van der Waals surface area contributed by atoms with Gasteiger partial charge in [-0.1, -0.05) is 24.3 Å². The molecule has 1 N–H and O–H groups in total. The van der Waals surface area contributed by atoms with E-state index in [4.69, 9.17) is 9.15 Å². The summed E-state index contributed by atoms with van der Waals surface area (Å²) >= 11 is 0. The minimum Gasteiger partial charge on any atom is -0.496 e. The van der Waals surface area contributed by atoms with Crippen LogP contribution in [-0.4, -0.2) is 44.9 Å². The Morgan fingerprint density at radius 2 is 1.77 bits per heavy atom. The molecule has 1 aliphatic heterocycles. The zero-order valence-corrected chi connectivity index (χ0v) is 17.7. The van der Waals surface area contributed by atoms with Gasteiger partial charge >= 0.3 is 0 Å². The molecule has 158 valence electrons. The van der Waals surface area contributed by atoms with Gasteiger partial charge < -0.3 is 14.5 Å². The molecule has 1 aliphatic rings. The van der Waals surface area contributed by atoms with Gasteiger partial charge in [-0.15, -0.1) is 0 Å². The molecule has 1 aromatic heterocycles. The molecule has 3 aromatic rings. The van der Waals surface area contributed by atoms with Crippen LogP contribution in [0.5, 0.6) is 5.75 Å². The molecule has 0 aliphatic carbocycles. The molecule has 30 heavy (non-hydrogen) atoms. The average molecular weight is 429 g/mol. The maximum absolute atomic E-state index is 13.3. The fraction of sp³-hybridized carbons (Fsp3) is 0.318. The molecule has 1 amide bonds. The van der Waals surface area contributed by atoms with Crippen LogP contribution in [0.15, 0.2) is 57.8 Å². The van der Waals surface area contributed by atoms with Crippen molar-refractivity contribution >= 4 is 26.7 Å². The van der Waals surface area contributed by atoms with Crippen molar-refractivity contribution in [3.8, 4) is 5.75 Å². The van der Waals surface area contributed by atoms with E-state index in [1.165, 1.54) is 4.31 Å². The molecule has 0 radical (unpaired) electrons. The van der Waals surface area contributed by atoms with Crippen molar-refractivity contribution in [3.05, 3.63) is 60.1 Å². The van der Waals surface area contributed by atoms with Gasteiger partial charge in [0, 0.05) is 29.9 Å². The molecular formula is C22H24N2O5S. The third-order valence-corrected chi connectivity index (χ3v) is 7.39. The Balaban J connectivity index is 1.49. The first kappa shape index (κ1) is 20.4. The van der Waals surface area contributed by atoms with Crippen LogP contribution in [0.4, 0.5) is 0 Å². The Morgan fingerprint density at radius 3 is 2.40 bits per heavy atom. The largest absolute Gasteiger partial charge is 0.496 e. The quantitative estimate of drug-likeness (QED) is 0.673. The lowest BCUT2D eigenvalue weighted by Gasteiger charge is -2.31. The number of hydrogen-bond donors (Lipinski definition) is 1. The van der Waals surface area contributed by atoms with Crippen molar-refractivity contribution in [1.82, 2.24) is 9.62 Å². The monoisotopic (exact) mass is 428 g/mol. The summed E-state index contributed by atoms with van der Waals surface area (Å²) in [5, 5.41) is 4.33. The maximum atomic E-state index is 13.3. The first-order chi connectivity index (χ1) is 14.4. The summed E-state index contributed by atoms with van der Waals surface area (Å²) < 4.78 is 38.9. The number of aryl methyl sites for hydroxylation is 1. The normalized spacial score (nSPS) is 15.9. The first-order valence-corrected chi connectivity index (χ1v) is 11.3. The lowest BCUT2D eigenvalue weighted by Crippen LogP contribution is -2.46. The van der Waals surface area contributed by atoms with Crippen LogP contribution >= 0.6 is 0 Å². The molecular weight excluding hydrogens is 404 g/mol. The van der Waals surface area contributed by atoms with Gasteiger partial charge in [-0.25, -0.2) is 8.42 Å². The van der Waals surface area contributed by atoms with E-state index in [2.05, 4.69) is 5.32 Å². The Morgan fingerprint density at radius 1 is 1.07 bits per heavy atom. The molecule has 0 saturated carbocycles. The minimum atomic E-state index is -3.67. The predicted octanol–water partition coefficient (Wildman–Crippen LogP) is 3.33. The van der Waals surface area contributed by atoms with Crippen LogP contribution in [0.2, 0.25) is 0 Å². The van der Waals surface area contributed by atoms with Crippen molar-refractivity contribution in [2.45, 2.75) is 30.7 Å². The number of piperidine rings is 1. The van der Waals surface area contributed by atoms with Crippen LogP contribution in [0, 0.1) is 6.92 Å². The number of nitrogens with zero attached hydrogens (tertiary/aromatic N) is 1. The van der Waals surface area contributed by atoms with Crippen LogP contribution in [0.25, 0.3) is 10.8 Å². The highest BCUT2D eigenvalue weighted by Crippen LogP contribution is 2.33. The number of rotatable bonds is 5. The lowest BCUT2D eigenvalue weighted by molar-refractivity contribution is 0.0894. The van der Waals surface area contributed by atoms with Crippen LogP contribution in [0.1, 0.15) is 29.2 Å². The standard InChI is InChI=1S/C22H24N2O5S/c1-15-7-8-20(29-15)22(25)23-16-11-13-24(14-12-16)30(26,27)21-10-9-19(28-2)17-5-3-4-6-18(17)21/h3-10,16H,11-14H2,1-2H3,(H,23,25). The minimum absolute atomic E-state index is 0.0954. The van der Waals surface area contributed by atoms with Gasteiger partial charge in [0.15, 0.2) is 5.76 Å². The summed E-state index contributed by atoms with van der Waals surface area (Å²) in [5.74, 6) is 1.31. The molecule has 1 saturated heterocycles. The number of furan rings is 1. The van der Waals surface area contributed by atoms with Crippen molar-refractivity contribution in [2.24, 2.45) is 0 Å². The van der Waals surface area contributed by atoms with Gasteiger partial charge in [0.25, 0.3) is 5.91 Å². The fourth-order valence-electron chi connectivity index (χ4n) is 3.84. The smallest absolute Gasteiger partial charge is 0.287 e. The third-order valence-electron chi connectivity index (χ3n) is 5.44. The number of hydrogen-bond acceptors (Lipinski definition) is 5. The molecule has 2 aromatic carbocycles. The summed E-state index contributed by atoms with van der Waals surface area (Å²) in [7, 11) is -2.10. The number of amides is 1. The van der Waals surface area contributed by atoms with Crippen LogP contribution in [0.3, 0.4) is 0 Å². The highest BCUT2D eigenvalue weighted by molar-refractivity contribution is 7.89. The van der Waals surface area contributed by atoms with E-state index in [9.17, 15) is 13.2 Å². The lowest BCUT2D eigenvalue weighted by atomic mass is 10.1. The van der Waals surface area contributed by atoms with Crippen molar-refractivity contribution in [2.75, 3.05) is 20.2 Å². The van der Waals surface area contributed by atoms with Gasteiger partial charge in [-0.05, 0) is 44.0 Å². The summed E-state index contributed by atoms with van der Waals surface area (Å²) in [4.78, 5) is 12.6. The van der Waals surface area contributed by atoms with Crippen molar-refractivity contribution in [3.63, 3.8) is 0 Å². The maximum Gasteiger partial charge on any atom is 0.287 e. The number of benzene rings is 2. The summed E-state index contributed by atoms with van der Waals surface area (Å²) in [6, 6.07) is 13.9. The highest BCUT2D eigenvalue weighted by Gasteiger charge is 2.31. The highest BCUT2D eigenvalue weighted by atomic mass is 32.2. The molecule has 0 spiro atoms. The fourth-order valence-corrected chi connectivity index (χ4v) is 5.50. The van der Waals surface area contributed by atoms with Crippen molar-refractivity contribution in [1.29, 1.82) is 0 Å². The molecule has 7 nitrogen and oxygen atoms in total. The second-order valence-corrected chi connectivity index (χ2v) is 9.28. The van der Waals surface area contributed by atoms with E-state index in [0.29, 0.717) is 42.8 Å². The van der Waals surface area contributed by atoms with Gasteiger partial charge in [-0.2, -0.15) is 4.31 Å². The van der Waals surface area contributed by atoms with Crippen LogP contribution in [-0.2, 0) is 10.0 Å². The number of nitrogens with one attached hydrogen (secondary N) is 1. The molecule has 4 rings (SSSR count). The van der Waals surface area contributed by atoms with E-state index in [0.717, 1.165) is 5.39 Å². The van der Waals surface area contributed by atoms with Gasteiger partial charge in [0.05, 0.1) is 12.0 Å². The van der Waals surface area contributed by atoms with Crippen LogP contribution < -0.4 is 10.1 Å². The summed E-state index contributed by atoms with van der Waals surface area (Å²) in [6.45, 7) is 2.46. The van der Waals surface area contributed by atoms with Crippen molar-refractivity contribution < 1.29 is 22.4 Å². The topological polar surface area (TPSA) is 88.9 Å². The molecule has 0 bridgehead atoms. The first-order valence-electron chi connectivity index (χ1n) is 9.83. The number of carbonyl (C=O) groups excluding carboxylic acids is 1. The number of fused-ring (bicyclic) bond motifs is 1. The number of methoxy groups -OCH3 is 1. The Hall–Kier alpha value is -2.84. The summed E-state index contributed by atoms with van der Waals surface area (Å²) in [6.07, 6.45) is 1.08. The van der Waals surface area contributed by atoms with Gasteiger partial charge in [0.1, 0.15) is 11.5 Å². The van der Waals surface area contributed by atoms with Gasteiger partial charge in [-0.3, -0.25) is 4.79 Å². The Kier molecular flexibility index (Phi) is 5.53. The van der Waals surface area contributed by atoms with E-state index >= 15 is 0 Å². The molecule has 0 unspecified atom stereocenters. The number of carbonyl (C=O) groups is 1. The predicted molar refractivity (Wildman–Crippen MR) is 113 cm³/mol.